The number of alkyl halides is 3. The molecular weight excluding hydrogens is 269 g/mol. The highest BCUT2D eigenvalue weighted by Gasteiger charge is 2.40. The molecule has 0 saturated heterocycles. The number of oxazole rings is 1. The van der Waals surface area contributed by atoms with E-state index < -0.39 is 12.2 Å². The molecule has 1 atom stereocenters. The fourth-order valence-corrected chi connectivity index (χ4v) is 1.85. The van der Waals surface area contributed by atoms with Gasteiger partial charge < -0.3 is 4.42 Å². The predicted octanol–water partition coefficient (Wildman–Crippen LogP) is 3.63. The van der Waals surface area contributed by atoms with Crippen molar-refractivity contribution in [1.82, 2.24) is 10.3 Å². The molecule has 0 bridgehead atoms. The molecule has 1 aromatic carbocycles. The van der Waals surface area contributed by atoms with E-state index in [0.717, 1.165) is 0 Å². The van der Waals surface area contributed by atoms with Gasteiger partial charge in [0.05, 0.1) is 12.7 Å². The van der Waals surface area contributed by atoms with Crippen molar-refractivity contribution in [3.05, 3.63) is 53.7 Å². The van der Waals surface area contributed by atoms with Crippen molar-refractivity contribution in [3.63, 3.8) is 0 Å². The highest BCUT2D eigenvalue weighted by molar-refractivity contribution is 5.20. The van der Waals surface area contributed by atoms with Crippen LogP contribution in [0.3, 0.4) is 0 Å². The van der Waals surface area contributed by atoms with Gasteiger partial charge in [0, 0.05) is 6.42 Å². The van der Waals surface area contributed by atoms with Gasteiger partial charge in [-0.1, -0.05) is 37.3 Å². The van der Waals surface area contributed by atoms with Gasteiger partial charge in [0.1, 0.15) is 11.8 Å². The predicted molar refractivity (Wildman–Crippen MR) is 68.0 cm³/mol. The highest BCUT2D eigenvalue weighted by Crippen LogP contribution is 2.32. The first-order valence-electron chi connectivity index (χ1n) is 6.29. The zero-order chi connectivity index (χ0) is 14.6. The largest absolute Gasteiger partial charge is 0.444 e. The molecule has 1 N–H and O–H groups in total. The van der Waals surface area contributed by atoms with Crippen LogP contribution in [-0.4, -0.2) is 11.2 Å². The summed E-state index contributed by atoms with van der Waals surface area (Å²) in [5, 5.41) is 2.45. The summed E-state index contributed by atoms with van der Waals surface area (Å²) in [5.41, 5.74) is 0.169. The van der Waals surface area contributed by atoms with Crippen LogP contribution in [0.5, 0.6) is 0 Å². The number of hydrogen-bond acceptors (Lipinski definition) is 3. The number of nitrogens with one attached hydrogen (secondary N) is 1. The van der Waals surface area contributed by atoms with Crippen LogP contribution in [-0.2, 0) is 13.0 Å². The van der Waals surface area contributed by atoms with Gasteiger partial charge in [-0.2, -0.15) is 13.2 Å². The first kappa shape index (κ1) is 14.6. The minimum absolute atomic E-state index is 0.0704. The van der Waals surface area contributed by atoms with Gasteiger partial charge in [0.15, 0.2) is 0 Å². The van der Waals surface area contributed by atoms with Crippen molar-refractivity contribution in [1.29, 1.82) is 0 Å². The van der Waals surface area contributed by atoms with Crippen LogP contribution in [0.15, 0.2) is 40.9 Å². The molecule has 0 radical (unpaired) electrons. The summed E-state index contributed by atoms with van der Waals surface area (Å²) in [6, 6.07) is 5.99. The number of aryl methyl sites for hydroxylation is 1. The Morgan fingerprint density at radius 1 is 1.25 bits per heavy atom. The van der Waals surface area contributed by atoms with Gasteiger partial charge in [-0.05, 0) is 5.56 Å². The number of nitrogens with zero attached hydrogens (tertiary/aromatic N) is 1. The molecular formula is C14H15F3N2O. The van der Waals surface area contributed by atoms with E-state index in [1.54, 1.807) is 18.2 Å². The third-order valence-electron chi connectivity index (χ3n) is 2.87. The maximum absolute atomic E-state index is 13.1. The Bertz CT molecular complexity index is 537. The van der Waals surface area contributed by atoms with Crippen molar-refractivity contribution in [2.24, 2.45) is 0 Å². The van der Waals surface area contributed by atoms with Crippen molar-refractivity contribution in [2.45, 2.75) is 32.1 Å². The monoisotopic (exact) mass is 284 g/mol. The molecule has 1 heterocycles. The molecule has 1 unspecified atom stereocenters. The molecule has 0 aliphatic carbocycles. The molecule has 0 aliphatic rings. The lowest BCUT2D eigenvalue weighted by atomic mass is 10.1. The number of rotatable bonds is 5. The van der Waals surface area contributed by atoms with Crippen LogP contribution in [0.2, 0.25) is 0 Å². The summed E-state index contributed by atoms with van der Waals surface area (Å²) in [6.45, 7) is 1.82. The van der Waals surface area contributed by atoms with Crippen molar-refractivity contribution >= 4 is 0 Å². The van der Waals surface area contributed by atoms with Gasteiger partial charge in [-0.25, -0.2) is 4.98 Å². The van der Waals surface area contributed by atoms with Crippen LogP contribution < -0.4 is 5.32 Å². The van der Waals surface area contributed by atoms with Crippen LogP contribution in [0.4, 0.5) is 13.2 Å². The summed E-state index contributed by atoms with van der Waals surface area (Å²) < 4.78 is 44.5. The minimum Gasteiger partial charge on any atom is -0.444 e. The van der Waals surface area contributed by atoms with E-state index in [9.17, 15) is 13.2 Å². The topological polar surface area (TPSA) is 38.1 Å². The molecule has 0 spiro atoms. The number of benzene rings is 1. The molecule has 2 rings (SSSR count). The second-order valence-corrected chi connectivity index (χ2v) is 4.34. The van der Waals surface area contributed by atoms with E-state index in [0.29, 0.717) is 12.2 Å². The summed E-state index contributed by atoms with van der Waals surface area (Å²) in [7, 11) is 0. The van der Waals surface area contributed by atoms with Crippen molar-refractivity contribution < 1.29 is 17.6 Å². The molecule has 108 valence electrons. The number of hydrogen-bond donors (Lipinski definition) is 1. The molecule has 1 aromatic heterocycles. The Labute approximate surface area is 114 Å². The van der Waals surface area contributed by atoms with E-state index in [4.69, 9.17) is 4.42 Å². The zero-order valence-corrected chi connectivity index (χ0v) is 10.9. The second kappa shape index (κ2) is 6.09. The van der Waals surface area contributed by atoms with Gasteiger partial charge in [-0.15, -0.1) is 0 Å². The molecule has 3 nitrogen and oxygen atoms in total. The quantitative estimate of drug-likeness (QED) is 0.911. The van der Waals surface area contributed by atoms with E-state index in [2.05, 4.69) is 10.3 Å². The number of halogens is 3. The Balaban J connectivity index is 2.09. The van der Waals surface area contributed by atoms with E-state index in [-0.39, 0.29) is 18.0 Å². The standard InChI is InChI=1S/C14H15F3N2O/c1-2-11-8-18-12(20-11)9-19-13(14(15,16)17)10-6-4-3-5-7-10/h3-8,13,19H,2,9H2,1H3. The Morgan fingerprint density at radius 2 is 1.95 bits per heavy atom. The van der Waals surface area contributed by atoms with Crippen LogP contribution >= 0.6 is 0 Å². The fraction of sp³-hybridized carbons (Fsp3) is 0.357. The number of aromatic nitrogens is 1. The summed E-state index contributed by atoms with van der Waals surface area (Å²) >= 11 is 0. The Kier molecular flexibility index (Phi) is 4.44. The van der Waals surface area contributed by atoms with Crippen LogP contribution in [0.25, 0.3) is 0 Å². The molecule has 0 aliphatic heterocycles. The van der Waals surface area contributed by atoms with Gasteiger partial charge in [0.25, 0.3) is 0 Å². The summed E-state index contributed by atoms with van der Waals surface area (Å²) in [6.07, 6.45) is -2.18. The lowest BCUT2D eigenvalue weighted by Crippen LogP contribution is -2.33. The normalized spacial score (nSPS) is 13.4. The van der Waals surface area contributed by atoms with E-state index in [1.165, 1.54) is 18.3 Å². The lowest BCUT2D eigenvalue weighted by Gasteiger charge is -2.21. The first-order valence-corrected chi connectivity index (χ1v) is 6.29. The first-order chi connectivity index (χ1) is 9.50. The average Bonchev–Trinajstić information content (AvgIpc) is 2.87. The summed E-state index contributed by atoms with van der Waals surface area (Å²) in [4.78, 5) is 3.94. The SMILES string of the molecule is CCc1cnc(CNC(c2ccccc2)C(F)(F)F)o1. The maximum Gasteiger partial charge on any atom is 0.407 e. The van der Waals surface area contributed by atoms with Crippen molar-refractivity contribution in [3.8, 4) is 0 Å². The molecule has 6 heteroatoms. The maximum atomic E-state index is 13.1. The Morgan fingerprint density at radius 3 is 2.50 bits per heavy atom. The lowest BCUT2D eigenvalue weighted by molar-refractivity contribution is -0.158. The molecule has 20 heavy (non-hydrogen) atoms. The van der Waals surface area contributed by atoms with Gasteiger partial charge in [-0.3, -0.25) is 5.32 Å². The summed E-state index contributed by atoms with van der Waals surface area (Å²) in [5.74, 6) is 0.914. The zero-order valence-electron chi connectivity index (χ0n) is 10.9. The molecule has 0 saturated carbocycles. The van der Waals surface area contributed by atoms with Gasteiger partial charge in [0.2, 0.25) is 5.89 Å². The minimum atomic E-state index is -4.37. The highest BCUT2D eigenvalue weighted by atomic mass is 19.4. The van der Waals surface area contributed by atoms with Crippen molar-refractivity contribution in [2.75, 3.05) is 0 Å². The third-order valence-corrected chi connectivity index (χ3v) is 2.87. The molecule has 2 aromatic rings. The van der Waals surface area contributed by atoms with E-state index in [1.807, 2.05) is 6.92 Å². The third kappa shape index (κ3) is 3.60. The fourth-order valence-electron chi connectivity index (χ4n) is 1.85. The van der Waals surface area contributed by atoms with E-state index >= 15 is 0 Å². The van der Waals surface area contributed by atoms with Crippen LogP contribution in [0, 0.1) is 0 Å². The Hall–Kier alpha value is -1.82. The van der Waals surface area contributed by atoms with Gasteiger partial charge >= 0.3 is 6.18 Å². The van der Waals surface area contributed by atoms with Crippen LogP contribution in [0.1, 0.15) is 30.2 Å². The molecule has 0 fully saturated rings. The average molecular weight is 284 g/mol. The molecule has 0 amide bonds. The second-order valence-electron chi connectivity index (χ2n) is 4.34. The smallest absolute Gasteiger partial charge is 0.407 e.